The van der Waals surface area contributed by atoms with Gasteiger partial charge in [-0.2, -0.15) is 0 Å². The lowest BCUT2D eigenvalue weighted by atomic mass is 9.78. The topological polar surface area (TPSA) is 126 Å². The molecule has 0 bridgehead atoms. The molecule has 254 valence electrons. The molecule has 2 aliphatic rings. The van der Waals surface area contributed by atoms with Gasteiger partial charge in [-0.3, -0.25) is 20.4 Å². The fraction of sp³-hybridized carbons (Fsp3) is 0.528. The molecule has 2 aromatic rings. The van der Waals surface area contributed by atoms with Gasteiger partial charge in [0.2, 0.25) is 5.91 Å². The number of nitrogens with zero attached hydrogens (tertiary/aromatic N) is 3. The van der Waals surface area contributed by atoms with E-state index in [2.05, 4.69) is 48.9 Å². The molecule has 2 amide bonds. The molecule has 47 heavy (non-hydrogen) atoms. The van der Waals surface area contributed by atoms with Crippen LogP contribution in [0.4, 0.5) is 8.78 Å². The van der Waals surface area contributed by atoms with E-state index in [4.69, 9.17) is 10.8 Å². The Morgan fingerprint density at radius 1 is 1.17 bits per heavy atom. The van der Waals surface area contributed by atoms with Gasteiger partial charge in [-0.15, -0.1) is 5.43 Å². The van der Waals surface area contributed by atoms with Crippen LogP contribution in [-0.2, 0) is 16.0 Å². The number of benzene rings is 2. The molecule has 1 atom stereocenters. The Hall–Kier alpha value is -4.15. The molecule has 9 nitrogen and oxygen atoms in total. The number of hydrogen-bond donors (Lipinski definition) is 4. The lowest BCUT2D eigenvalue weighted by Gasteiger charge is -2.46. The largest absolute Gasteiger partial charge is 0.348 e. The predicted octanol–water partition coefficient (Wildman–Crippen LogP) is 5.32. The molecule has 2 aromatic carbocycles. The smallest absolute Gasteiger partial charge is 0.275 e. The first kappa shape index (κ1) is 35.7. The number of allylic oxidation sites excluding steroid dienone is 1. The fourth-order valence-corrected chi connectivity index (χ4v) is 6.74. The third-order valence-electron chi connectivity index (χ3n) is 9.23. The molecular weight excluding hydrogens is 600 g/mol. The number of hydrogen-bond acceptors (Lipinski definition) is 4. The third-order valence-corrected chi connectivity index (χ3v) is 9.23. The van der Waals surface area contributed by atoms with Gasteiger partial charge in [-0.05, 0) is 86.1 Å². The van der Waals surface area contributed by atoms with Crippen LogP contribution in [0, 0.1) is 23.0 Å². The van der Waals surface area contributed by atoms with E-state index < -0.39 is 17.3 Å². The van der Waals surface area contributed by atoms with Crippen molar-refractivity contribution in [2.24, 2.45) is 27.4 Å². The van der Waals surface area contributed by atoms with E-state index in [1.54, 1.807) is 6.08 Å². The fourth-order valence-electron chi connectivity index (χ4n) is 6.74. The number of hydrazine groups is 1. The highest BCUT2D eigenvalue weighted by Gasteiger charge is 2.52. The molecule has 1 aliphatic carbocycles. The molecule has 4 rings (SSSR count). The Morgan fingerprint density at radius 3 is 2.40 bits per heavy atom. The second-order valence-electron chi connectivity index (χ2n) is 14.0. The van der Waals surface area contributed by atoms with Gasteiger partial charge in [0, 0.05) is 11.6 Å². The van der Waals surface area contributed by atoms with Crippen molar-refractivity contribution in [3.63, 3.8) is 0 Å². The van der Waals surface area contributed by atoms with Crippen LogP contribution in [0.1, 0.15) is 109 Å². The van der Waals surface area contributed by atoms with Crippen LogP contribution in [0.15, 0.2) is 64.5 Å². The first-order valence-electron chi connectivity index (χ1n) is 16.7. The standard InChI is InChI=1S/C36H49F2N7O2/c1-6-8-24-13-17-36(18-14-24)41-33(27-20-28(37)22-29(38)21-27)34(47)45(36)31(15-16-35(3,4)5)26-11-9-25(10-12-26)19-32(46)40-23-30(7-2)42-44-43-39/h7,9-12,20-22,24,31H,6,8,13-19,23H2,1-5H3,(H2,39,44)(H,40,46)(H,42,43)/p+1/b30-7-/t24?,31-,36?/m1/s1. The summed E-state index contributed by atoms with van der Waals surface area (Å²) < 4.78 is 28.7. The molecule has 0 saturated heterocycles. The van der Waals surface area contributed by atoms with Crippen molar-refractivity contribution in [3.05, 3.63) is 82.6 Å². The molecule has 1 heterocycles. The van der Waals surface area contributed by atoms with Gasteiger partial charge in [0.15, 0.2) is 0 Å². The Labute approximate surface area is 277 Å². The van der Waals surface area contributed by atoms with Gasteiger partial charge in [-0.25, -0.2) is 8.78 Å². The van der Waals surface area contributed by atoms with Crippen LogP contribution in [-0.4, -0.2) is 34.6 Å². The first-order chi connectivity index (χ1) is 22.4. The summed E-state index contributed by atoms with van der Waals surface area (Å²) >= 11 is 0. The minimum atomic E-state index is -0.787. The van der Waals surface area contributed by atoms with Gasteiger partial charge in [0.1, 0.15) is 33.9 Å². The maximum absolute atomic E-state index is 14.4. The SMILES string of the molecule is C/C=C(/CNC(=O)Cc1ccc([C@@H](CCC(C)(C)C)N2C(=O)C(c3cc(F)cc(F)c3)=NC23CCC(CCC)CC3)cc1)N/N=[NH+]\N. The number of nitrogens with one attached hydrogen (secondary N) is 3. The minimum Gasteiger partial charge on any atom is -0.348 e. The van der Waals surface area contributed by atoms with Gasteiger partial charge in [-0.1, -0.05) is 70.0 Å². The highest BCUT2D eigenvalue weighted by molar-refractivity contribution is 6.46. The molecule has 0 radical (unpaired) electrons. The Bertz CT molecular complexity index is 1470. The maximum atomic E-state index is 14.4. The van der Waals surface area contributed by atoms with Crippen LogP contribution in [0.3, 0.4) is 0 Å². The van der Waals surface area contributed by atoms with E-state index in [-0.39, 0.29) is 47.5 Å². The number of halogens is 2. The van der Waals surface area contributed by atoms with Crippen LogP contribution >= 0.6 is 0 Å². The summed E-state index contributed by atoms with van der Waals surface area (Å²) in [6, 6.07) is 10.7. The van der Waals surface area contributed by atoms with Crippen molar-refractivity contribution in [2.45, 2.75) is 104 Å². The number of amides is 2. The van der Waals surface area contributed by atoms with E-state index in [1.165, 1.54) is 12.1 Å². The van der Waals surface area contributed by atoms with Gasteiger partial charge in [0.25, 0.3) is 5.91 Å². The lowest BCUT2D eigenvalue weighted by Crippen LogP contribution is -2.75. The van der Waals surface area contributed by atoms with Crippen LogP contribution in [0.25, 0.3) is 0 Å². The van der Waals surface area contributed by atoms with Crippen LogP contribution < -0.4 is 21.8 Å². The van der Waals surface area contributed by atoms with E-state index in [0.717, 1.165) is 49.3 Å². The monoisotopic (exact) mass is 650 g/mol. The van der Waals surface area contributed by atoms with Gasteiger partial charge in [0.05, 0.1) is 19.0 Å². The second kappa shape index (κ2) is 15.6. The number of rotatable bonds is 13. The summed E-state index contributed by atoms with van der Waals surface area (Å²) in [6.45, 7) is 10.8. The van der Waals surface area contributed by atoms with Crippen molar-refractivity contribution in [2.75, 3.05) is 6.54 Å². The summed E-state index contributed by atoms with van der Waals surface area (Å²) in [6.07, 6.45) is 9.01. The number of nitrogens with two attached hydrogens (primary N) is 1. The third kappa shape index (κ3) is 9.23. The predicted molar refractivity (Wildman–Crippen MR) is 178 cm³/mol. The molecular formula is C36H50F2N7O2+. The van der Waals surface area contributed by atoms with Crippen LogP contribution in [0.5, 0.6) is 0 Å². The normalized spacial score (nSPS) is 21.0. The van der Waals surface area contributed by atoms with Crippen molar-refractivity contribution >= 4 is 17.5 Å². The molecule has 1 saturated carbocycles. The van der Waals surface area contributed by atoms with E-state index in [1.807, 2.05) is 36.1 Å². The zero-order valence-electron chi connectivity index (χ0n) is 28.3. The second-order valence-corrected chi connectivity index (χ2v) is 14.0. The van der Waals surface area contributed by atoms with E-state index >= 15 is 0 Å². The first-order valence-corrected chi connectivity index (χ1v) is 16.7. The zero-order valence-corrected chi connectivity index (χ0v) is 28.3. The summed E-state index contributed by atoms with van der Waals surface area (Å²) in [5, 5.41) is 8.69. The summed E-state index contributed by atoms with van der Waals surface area (Å²) in [4.78, 5) is 34.2. The summed E-state index contributed by atoms with van der Waals surface area (Å²) in [7, 11) is 0. The minimum absolute atomic E-state index is 0.00845. The summed E-state index contributed by atoms with van der Waals surface area (Å²) in [5.41, 5.74) is 4.70. The van der Waals surface area contributed by atoms with Gasteiger partial charge >= 0.3 is 0 Å². The Morgan fingerprint density at radius 2 is 1.83 bits per heavy atom. The average molecular weight is 651 g/mol. The van der Waals surface area contributed by atoms with Crippen molar-refractivity contribution < 1.29 is 23.6 Å². The lowest BCUT2D eigenvalue weighted by molar-refractivity contribution is -0.550. The molecule has 1 fully saturated rings. The quantitative estimate of drug-likeness (QED) is 0.133. The van der Waals surface area contributed by atoms with Crippen molar-refractivity contribution in [1.29, 1.82) is 0 Å². The molecule has 1 spiro atoms. The summed E-state index contributed by atoms with van der Waals surface area (Å²) in [5.74, 6) is 3.81. The van der Waals surface area contributed by atoms with Crippen molar-refractivity contribution in [3.8, 4) is 0 Å². The highest BCUT2D eigenvalue weighted by atomic mass is 19.1. The zero-order chi connectivity index (χ0) is 34.2. The van der Waals surface area contributed by atoms with Gasteiger partial charge < -0.3 is 10.2 Å². The average Bonchev–Trinajstić information content (AvgIpc) is 3.29. The molecule has 0 unspecified atom stereocenters. The van der Waals surface area contributed by atoms with Crippen molar-refractivity contribution in [1.82, 2.24) is 15.6 Å². The van der Waals surface area contributed by atoms with Crippen LogP contribution in [0.2, 0.25) is 0 Å². The van der Waals surface area contributed by atoms with E-state index in [9.17, 15) is 18.4 Å². The molecule has 5 N–H and O–H groups in total. The molecule has 11 heteroatoms. The number of aliphatic imine (C=N–C) groups is 1. The highest BCUT2D eigenvalue weighted by Crippen LogP contribution is 2.48. The Balaban J connectivity index is 1.64. The number of carbonyl (C=O) groups excluding carboxylic acids is 2. The maximum Gasteiger partial charge on any atom is 0.275 e. The Kier molecular flexibility index (Phi) is 11.9. The van der Waals surface area contributed by atoms with E-state index in [0.29, 0.717) is 30.9 Å². The molecule has 0 aromatic heterocycles. The number of carbonyl (C=O) groups is 2. The molecule has 1 aliphatic heterocycles.